The number of carbonyl (C=O) groups excluding carboxylic acids is 1. The van der Waals surface area contributed by atoms with Crippen LogP contribution in [0.15, 0.2) is 0 Å². The van der Waals surface area contributed by atoms with E-state index >= 15 is 0 Å². The molecule has 2 rings (SSSR count). The molecule has 1 unspecified atom stereocenters. The Hall–Kier alpha value is -1.34. The lowest BCUT2D eigenvalue weighted by Crippen LogP contribution is -2.56. The minimum Gasteiger partial charge on any atom is -0.480 e. The first-order valence-corrected chi connectivity index (χ1v) is 7.56. The molecule has 0 spiro atoms. The number of amides is 2. The molecule has 7 nitrogen and oxygen atoms in total. The highest BCUT2D eigenvalue weighted by Crippen LogP contribution is 2.27. The average Bonchev–Trinajstić information content (AvgIpc) is 3.31. The number of urea groups is 1. The molecule has 0 aromatic carbocycles. The molecule has 0 aromatic heterocycles. The van der Waals surface area contributed by atoms with Crippen LogP contribution >= 0.6 is 0 Å². The molecule has 0 bridgehead atoms. The quantitative estimate of drug-likeness (QED) is 0.764. The first kappa shape index (κ1) is 16.0. The summed E-state index contributed by atoms with van der Waals surface area (Å²) in [6, 6.07) is -0.0592. The van der Waals surface area contributed by atoms with Crippen LogP contribution in [0.25, 0.3) is 0 Å². The number of carboxylic acid groups (broad SMARTS) is 1. The van der Waals surface area contributed by atoms with Gasteiger partial charge in [-0.2, -0.15) is 0 Å². The number of ether oxygens (including phenoxy) is 1. The summed E-state index contributed by atoms with van der Waals surface area (Å²) in [5.41, 5.74) is 0. The highest BCUT2D eigenvalue weighted by molar-refractivity contribution is 5.75. The van der Waals surface area contributed by atoms with E-state index in [1.54, 1.807) is 14.0 Å². The van der Waals surface area contributed by atoms with Crippen molar-refractivity contribution in [2.75, 3.05) is 46.4 Å². The minimum absolute atomic E-state index is 0.0668. The average molecular weight is 299 g/mol. The van der Waals surface area contributed by atoms with E-state index < -0.39 is 12.0 Å². The summed E-state index contributed by atoms with van der Waals surface area (Å²) in [5, 5.41) is 9.03. The van der Waals surface area contributed by atoms with Crippen LogP contribution < -0.4 is 0 Å². The summed E-state index contributed by atoms with van der Waals surface area (Å²) in [7, 11) is 1.64. The molecule has 1 saturated heterocycles. The summed E-state index contributed by atoms with van der Waals surface area (Å²) in [4.78, 5) is 29.2. The second kappa shape index (κ2) is 7.09. The number of methoxy groups -OCH3 is 1. The molecule has 1 atom stereocenters. The largest absolute Gasteiger partial charge is 0.480 e. The van der Waals surface area contributed by atoms with Crippen LogP contribution in [0.5, 0.6) is 0 Å². The Balaban J connectivity index is 1.85. The zero-order valence-electron chi connectivity index (χ0n) is 12.8. The van der Waals surface area contributed by atoms with Gasteiger partial charge >= 0.3 is 12.0 Å². The Morgan fingerprint density at radius 2 is 1.90 bits per heavy atom. The van der Waals surface area contributed by atoms with Crippen molar-refractivity contribution in [3.05, 3.63) is 0 Å². The van der Waals surface area contributed by atoms with Crippen molar-refractivity contribution in [2.24, 2.45) is 0 Å². The van der Waals surface area contributed by atoms with Gasteiger partial charge in [0.2, 0.25) is 0 Å². The molecule has 1 aliphatic carbocycles. The van der Waals surface area contributed by atoms with Crippen LogP contribution in [0.3, 0.4) is 0 Å². The Bertz CT molecular complexity index is 378. The molecule has 1 aliphatic heterocycles. The van der Waals surface area contributed by atoms with Gasteiger partial charge in [0.05, 0.1) is 6.61 Å². The molecule has 1 heterocycles. The lowest BCUT2D eigenvalue weighted by Gasteiger charge is -2.39. The maximum atomic E-state index is 12.6. The fourth-order valence-electron chi connectivity index (χ4n) is 2.65. The number of hydrogen-bond donors (Lipinski definition) is 1. The van der Waals surface area contributed by atoms with Crippen LogP contribution in [-0.2, 0) is 9.53 Å². The maximum absolute atomic E-state index is 12.6. The van der Waals surface area contributed by atoms with Crippen molar-refractivity contribution >= 4 is 12.0 Å². The summed E-state index contributed by atoms with van der Waals surface area (Å²) in [6.07, 6.45) is 2.15. The normalized spacial score (nSPS) is 21.1. The van der Waals surface area contributed by atoms with E-state index in [-0.39, 0.29) is 6.03 Å². The molecular formula is C14H25N3O4. The van der Waals surface area contributed by atoms with E-state index in [9.17, 15) is 9.59 Å². The van der Waals surface area contributed by atoms with E-state index in [4.69, 9.17) is 9.84 Å². The van der Waals surface area contributed by atoms with E-state index in [1.165, 1.54) is 0 Å². The molecule has 1 saturated carbocycles. The van der Waals surface area contributed by atoms with Gasteiger partial charge in [-0.25, -0.2) is 4.79 Å². The van der Waals surface area contributed by atoms with E-state index in [0.29, 0.717) is 45.4 Å². The number of carboxylic acids is 1. The van der Waals surface area contributed by atoms with Crippen molar-refractivity contribution in [2.45, 2.75) is 31.8 Å². The van der Waals surface area contributed by atoms with Crippen molar-refractivity contribution in [3.8, 4) is 0 Å². The highest BCUT2D eigenvalue weighted by Gasteiger charge is 2.36. The van der Waals surface area contributed by atoms with Gasteiger partial charge in [-0.3, -0.25) is 9.69 Å². The summed E-state index contributed by atoms with van der Waals surface area (Å²) >= 11 is 0. The Morgan fingerprint density at radius 3 is 2.38 bits per heavy atom. The van der Waals surface area contributed by atoms with Gasteiger partial charge in [0.1, 0.15) is 6.04 Å². The van der Waals surface area contributed by atoms with Gasteiger partial charge in [-0.15, -0.1) is 0 Å². The molecule has 0 aromatic rings. The number of carbonyl (C=O) groups is 2. The van der Waals surface area contributed by atoms with Gasteiger partial charge in [-0.05, 0) is 19.8 Å². The van der Waals surface area contributed by atoms with E-state index in [2.05, 4.69) is 0 Å². The summed E-state index contributed by atoms with van der Waals surface area (Å²) in [6.45, 7) is 5.28. The van der Waals surface area contributed by atoms with Crippen LogP contribution in [0, 0.1) is 0 Å². The van der Waals surface area contributed by atoms with Crippen molar-refractivity contribution in [1.82, 2.24) is 14.7 Å². The standard InChI is InChI=1S/C14H25N3O4/c1-11(13(18)19)15-5-7-16(8-6-15)14(20)17(9-10-21-2)12-3-4-12/h11-12H,3-10H2,1-2H3,(H,18,19). The molecule has 0 radical (unpaired) electrons. The second-order valence-corrected chi connectivity index (χ2v) is 5.74. The molecule has 120 valence electrons. The lowest BCUT2D eigenvalue weighted by molar-refractivity contribution is -0.143. The third-order valence-corrected chi connectivity index (χ3v) is 4.26. The molecule has 21 heavy (non-hydrogen) atoms. The minimum atomic E-state index is -0.811. The Morgan fingerprint density at radius 1 is 1.29 bits per heavy atom. The number of piperazine rings is 1. The van der Waals surface area contributed by atoms with Crippen LogP contribution in [0.2, 0.25) is 0 Å². The molecule has 1 N–H and O–H groups in total. The third-order valence-electron chi connectivity index (χ3n) is 4.26. The number of aliphatic carboxylic acids is 1. The summed E-state index contributed by atoms with van der Waals surface area (Å²) in [5.74, 6) is -0.811. The number of nitrogens with zero attached hydrogens (tertiary/aromatic N) is 3. The highest BCUT2D eigenvalue weighted by atomic mass is 16.5. The topological polar surface area (TPSA) is 73.3 Å². The van der Waals surface area contributed by atoms with Crippen molar-refractivity contribution in [3.63, 3.8) is 0 Å². The molecule has 2 aliphatic rings. The predicted octanol–water partition coefficient (Wildman–Crippen LogP) is 0.308. The first-order valence-electron chi connectivity index (χ1n) is 7.56. The van der Waals surface area contributed by atoms with Crippen molar-refractivity contribution in [1.29, 1.82) is 0 Å². The smallest absolute Gasteiger partial charge is 0.320 e. The van der Waals surface area contributed by atoms with Crippen LogP contribution in [-0.4, -0.2) is 90.3 Å². The van der Waals surface area contributed by atoms with Crippen LogP contribution in [0.4, 0.5) is 4.79 Å². The molecule has 7 heteroatoms. The zero-order chi connectivity index (χ0) is 15.4. The maximum Gasteiger partial charge on any atom is 0.320 e. The third kappa shape index (κ3) is 4.07. The number of hydrogen-bond acceptors (Lipinski definition) is 4. The number of rotatable bonds is 6. The van der Waals surface area contributed by atoms with E-state index in [1.807, 2.05) is 14.7 Å². The van der Waals surface area contributed by atoms with E-state index in [0.717, 1.165) is 12.8 Å². The zero-order valence-corrected chi connectivity index (χ0v) is 12.8. The fraction of sp³-hybridized carbons (Fsp3) is 0.857. The Labute approximate surface area is 125 Å². The molecule has 2 fully saturated rings. The second-order valence-electron chi connectivity index (χ2n) is 5.74. The fourth-order valence-corrected chi connectivity index (χ4v) is 2.65. The first-order chi connectivity index (χ1) is 10.0. The monoisotopic (exact) mass is 299 g/mol. The van der Waals surface area contributed by atoms with Gasteiger partial charge in [0.25, 0.3) is 0 Å². The van der Waals surface area contributed by atoms with Gasteiger partial charge in [0, 0.05) is 45.9 Å². The Kier molecular flexibility index (Phi) is 5.41. The van der Waals surface area contributed by atoms with Gasteiger partial charge < -0.3 is 19.6 Å². The van der Waals surface area contributed by atoms with Gasteiger partial charge in [0.15, 0.2) is 0 Å². The van der Waals surface area contributed by atoms with Crippen LogP contribution in [0.1, 0.15) is 19.8 Å². The van der Waals surface area contributed by atoms with Gasteiger partial charge in [-0.1, -0.05) is 0 Å². The lowest BCUT2D eigenvalue weighted by atomic mass is 10.2. The summed E-state index contributed by atoms with van der Waals surface area (Å²) < 4.78 is 5.08. The molecule has 2 amide bonds. The molecular weight excluding hydrogens is 274 g/mol. The van der Waals surface area contributed by atoms with Crippen molar-refractivity contribution < 1.29 is 19.4 Å². The predicted molar refractivity (Wildman–Crippen MR) is 77.2 cm³/mol. The SMILES string of the molecule is COCCN(C(=O)N1CCN(C(C)C(=O)O)CC1)C1CC1.